The predicted molar refractivity (Wildman–Crippen MR) is 98.2 cm³/mol. The first-order valence-electron chi connectivity index (χ1n) is 8.92. The van der Waals surface area contributed by atoms with Crippen molar-refractivity contribution in [3.63, 3.8) is 0 Å². The van der Waals surface area contributed by atoms with E-state index in [4.69, 9.17) is 16.3 Å². The Hall–Kier alpha value is -1.46. The normalized spacial score (nSPS) is 19.5. The summed E-state index contributed by atoms with van der Waals surface area (Å²) in [5.41, 5.74) is 1.81. The van der Waals surface area contributed by atoms with Crippen LogP contribution < -0.4 is 10.2 Å². The highest BCUT2D eigenvalue weighted by Crippen LogP contribution is 2.30. The number of carbonyl (C=O) groups is 1. The number of morpholine rings is 1. The largest absolute Gasteiger partial charge is 0.378 e. The van der Waals surface area contributed by atoms with E-state index in [1.165, 1.54) is 19.3 Å². The number of benzene rings is 1. The summed E-state index contributed by atoms with van der Waals surface area (Å²) in [5, 5.41) is 3.72. The summed E-state index contributed by atoms with van der Waals surface area (Å²) < 4.78 is 5.42. The van der Waals surface area contributed by atoms with Crippen LogP contribution in [0.1, 0.15) is 32.1 Å². The van der Waals surface area contributed by atoms with E-state index in [2.05, 4.69) is 10.2 Å². The zero-order chi connectivity index (χ0) is 16.8. The summed E-state index contributed by atoms with van der Waals surface area (Å²) in [6, 6.07) is 5.68. The monoisotopic (exact) mass is 351 g/mol. The first-order valence-corrected chi connectivity index (χ1v) is 9.30. The summed E-state index contributed by atoms with van der Waals surface area (Å²) in [7, 11) is 0. The molecule has 2 amide bonds. The lowest BCUT2D eigenvalue weighted by Gasteiger charge is -2.31. The van der Waals surface area contributed by atoms with Crippen LogP contribution in [0.15, 0.2) is 18.2 Å². The van der Waals surface area contributed by atoms with Gasteiger partial charge >= 0.3 is 6.03 Å². The molecule has 2 heterocycles. The van der Waals surface area contributed by atoms with Crippen LogP contribution in [0.2, 0.25) is 5.02 Å². The standard InChI is InChI=1S/C18H26ClN3O2/c19-15-6-7-17(21-10-12-24-13-11-21)16(14-15)20-18(23)22-8-4-2-1-3-5-9-22/h6-7,14H,1-5,8-13H2,(H,20,23). The molecule has 1 aromatic carbocycles. The van der Waals surface area contributed by atoms with Crippen LogP contribution in [-0.2, 0) is 4.74 Å². The van der Waals surface area contributed by atoms with E-state index in [1.807, 2.05) is 23.1 Å². The molecule has 3 rings (SSSR count). The first-order chi connectivity index (χ1) is 11.7. The second kappa shape index (κ2) is 8.58. The van der Waals surface area contributed by atoms with E-state index in [0.717, 1.165) is 50.4 Å². The van der Waals surface area contributed by atoms with Crippen LogP contribution in [0.5, 0.6) is 0 Å². The minimum atomic E-state index is -0.0197. The van der Waals surface area contributed by atoms with Crippen LogP contribution in [0, 0.1) is 0 Å². The second-order valence-corrected chi connectivity index (χ2v) is 6.88. The molecule has 0 atom stereocenters. The van der Waals surface area contributed by atoms with Crippen LogP contribution in [0.4, 0.5) is 16.2 Å². The topological polar surface area (TPSA) is 44.8 Å². The van der Waals surface area contributed by atoms with Crippen LogP contribution in [-0.4, -0.2) is 50.3 Å². The third kappa shape index (κ3) is 4.54. The average molecular weight is 352 g/mol. The number of likely N-dealkylation sites (tertiary alicyclic amines) is 1. The molecule has 6 heteroatoms. The molecule has 0 saturated carbocycles. The quantitative estimate of drug-likeness (QED) is 0.876. The molecule has 2 fully saturated rings. The Labute approximate surface area is 148 Å². The SMILES string of the molecule is O=C(Nc1cc(Cl)ccc1N1CCOCC1)N1CCCCCCC1. The number of ether oxygens (including phenoxy) is 1. The van der Waals surface area contributed by atoms with Gasteiger partial charge in [0, 0.05) is 31.2 Å². The van der Waals surface area contributed by atoms with E-state index < -0.39 is 0 Å². The Bertz CT molecular complexity index is 553. The Kier molecular flexibility index (Phi) is 6.21. The molecule has 5 nitrogen and oxygen atoms in total. The first kappa shape index (κ1) is 17.4. The smallest absolute Gasteiger partial charge is 0.321 e. The van der Waals surface area contributed by atoms with Gasteiger partial charge in [-0.05, 0) is 31.0 Å². The maximum Gasteiger partial charge on any atom is 0.321 e. The van der Waals surface area contributed by atoms with Crippen molar-refractivity contribution in [2.24, 2.45) is 0 Å². The summed E-state index contributed by atoms with van der Waals surface area (Å²) in [6.45, 7) is 4.74. The number of urea groups is 1. The highest BCUT2D eigenvalue weighted by Gasteiger charge is 2.19. The van der Waals surface area contributed by atoms with Gasteiger partial charge in [-0.15, -0.1) is 0 Å². The van der Waals surface area contributed by atoms with Crippen molar-refractivity contribution in [2.45, 2.75) is 32.1 Å². The Balaban J connectivity index is 1.72. The molecule has 0 unspecified atom stereocenters. The number of carbonyl (C=O) groups excluding carboxylic acids is 1. The van der Waals surface area contributed by atoms with Gasteiger partial charge in [0.2, 0.25) is 0 Å². The molecule has 0 aromatic heterocycles. The summed E-state index contributed by atoms with van der Waals surface area (Å²) >= 11 is 6.16. The van der Waals surface area contributed by atoms with E-state index in [-0.39, 0.29) is 6.03 Å². The van der Waals surface area contributed by atoms with Crippen molar-refractivity contribution in [2.75, 3.05) is 49.6 Å². The van der Waals surface area contributed by atoms with Crippen LogP contribution in [0.3, 0.4) is 0 Å². The lowest BCUT2D eigenvalue weighted by atomic mass is 10.1. The molecule has 2 aliphatic heterocycles. The molecule has 24 heavy (non-hydrogen) atoms. The molecule has 2 saturated heterocycles. The van der Waals surface area contributed by atoms with Gasteiger partial charge in [-0.25, -0.2) is 4.79 Å². The van der Waals surface area contributed by atoms with Crippen LogP contribution >= 0.6 is 11.6 Å². The van der Waals surface area contributed by atoms with Gasteiger partial charge in [0.25, 0.3) is 0 Å². The van der Waals surface area contributed by atoms with Crippen molar-refractivity contribution in [1.29, 1.82) is 0 Å². The number of hydrogen-bond acceptors (Lipinski definition) is 3. The van der Waals surface area contributed by atoms with Crippen molar-refractivity contribution < 1.29 is 9.53 Å². The molecular weight excluding hydrogens is 326 g/mol. The number of nitrogens with zero attached hydrogens (tertiary/aromatic N) is 2. The zero-order valence-electron chi connectivity index (χ0n) is 14.1. The minimum absolute atomic E-state index is 0.0197. The van der Waals surface area contributed by atoms with Crippen LogP contribution in [0.25, 0.3) is 0 Å². The van der Waals surface area contributed by atoms with E-state index in [9.17, 15) is 4.79 Å². The highest BCUT2D eigenvalue weighted by molar-refractivity contribution is 6.31. The molecule has 132 valence electrons. The molecule has 1 N–H and O–H groups in total. The molecule has 1 aromatic rings. The molecule has 2 aliphatic rings. The maximum absolute atomic E-state index is 12.7. The average Bonchev–Trinajstić information content (AvgIpc) is 2.55. The minimum Gasteiger partial charge on any atom is -0.378 e. The number of hydrogen-bond donors (Lipinski definition) is 1. The third-order valence-corrected chi connectivity index (χ3v) is 4.93. The second-order valence-electron chi connectivity index (χ2n) is 6.45. The van der Waals surface area contributed by atoms with Crippen molar-refractivity contribution in [3.05, 3.63) is 23.2 Å². The molecular formula is C18H26ClN3O2. The third-order valence-electron chi connectivity index (χ3n) is 4.70. The van der Waals surface area contributed by atoms with E-state index >= 15 is 0 Å². The fraction of sp³-hybridized carbons (Fsp3) is 0.611. The number of amides is 2. The number of anilines is 2. The fourth-order valence-corrected chi connectivity index (χ4v) is 3.51. The Morgan fingerprint density at radius 1 is 1.00 bits per heavy atom. The molecule has 0 radical (unpaired) electrons. The maximum atomic E-state index is 12.7. The lowest BCUT2D eigenvalue weighted by molar-refractivity contribution is 0.123. The Morgan fingerprint density at radius 2 is 1.67 bits per heavy atom. The number of halogens is 1. The lowest BCUT2D eigenvalue weighted by Crippen LogP contribution is -2.39. The number of nitrogens with one attached hydrogen (secondary N) is 1. The van der Waals surface area contributed by atoms with Crippen molar-refractivity contribution in [1.82, 2.24) is 4.90 Å². The molecule has 0 spiro atoms. The van der Waals surface area contributed by atoms with Crippen molar-refractivity contribution in [3.8, 4) is 0 Å². The molecule has 0 aliphatic carbocycles. The van der Waals surface area contributed by atoms with Gasteiger partial charge in [0.05, 0.1) is 24.6 Å². The zero-order valence-corrected chi connectivity index (χ0v) is 14.9. The van der Waals surface area contributed by atoms with Crippen molar-refractivity contribution >= 4 is 29.0 Å². The highest BCUT2D eigenvalue weighted by atomic mass is 35.5. The van der Waals surface area contributed by atoms with Gasteiger partial charge in [-0.1, -0.05) is 30.9 Å². The van der Waals surface area contributed by atoms with Gasteiger partial charge in [0.1, 0.15) is 0 Å². The fourth-order valence-electron chi connectivity index (χ4n) is 3.33. The summed E-state index contributed by atoms with van der Waals surface area (Å²) in [4.78, 5) is 16.9. The van der Waals surface area contributed by atoms with Gasteiger partial charge in [-0.2, -0.15) is 0 Å². The molecule has 0 bridgehead atoms. The van der Waals surface area contributed by atoms with Gasteiger partial charge in [0.15, 0.2) is 0 Å². The Morgan fingerprint density at radius 3 is 2.38 bits per heavy atom. The summed E-state index contributed by atoms with van der Waals surface area (Å²) in [5.74, 6) is 0. The predicted octanol–water partition coefficient (Wildman–Crippen LogP) is 3.97. The number of rotatable bonds is 2. The van der Waals surface area contributed by atoms with E-state index in [1.54, 1.807) is 0 Å². The summed E-state index contributed by atoms with van der Waals surface area (Å²) in [6.07, 6.45) is 5.86. The van der Waals surface area contributed by atoms with E-state index in [0.29, 0.717) is 18.2 Å². The van der Waals surface area contributed by atoms with Gasteiger partial charge < -0.3 is 19.9 Å². The van der Waals surface area contributed by atoms with Gasteiger partial charge in [-0.3, -0.25) is 0 Å².